The van der Waals surface area contributed by atoms with Gasteiger partial charge in [-0.3, -0.25) is 9.48 Å². The molecule has 1 amide bonds. The van der Waals surface area contributed by atoms with Crippen molar-refractivity contribution in [2.24, 2.45) is 0 Å². The van der Waals surface area contributed by atoms with Gasteiger partial charge in [0.1, 0.15) is 11.9 Å². The fraction of sp³-hybridized carbons (Fsp3) is 0.0667. The van der Waals surface area contributed by atoms with Crippen LogP contribution in [0.5, 0.6) is 0 Å². The lowest BCUT2D eigenvalue weighted by Gasteiger charge is -2.01. The average molecular weight is 311 g/mol. The van der Waals surface area contributed by atoms with Crippen LogP contribution >= 0.6 is 0 Å². The number of carbonyl (C=O) groups is 1. The molecule has 0 saturated heterocycles. The number of hydrogen-bond acceptors (Lipinski definition) is 5. The Morgan fingerprint density at radius 3 is 3.04 bits per heavy atom. The molecular weight excluding hydrogens is 301 g/mol. The van der Waals surface area contributed by atoms with Crippen LogP contribution in [0.2, 0.25) is 0 Å². The number of nitriles is 1. The predicted octanol–water partition coefficient (Wildman–Crippen LogP) is 2.18. The summed E-state index contributed by atoms with van der Waals surface area (Å²) in [5.41, 5.74) is 1.20. The molecule has 0 fully saturated rings. The van der Waals surface area contributed by atoms with Crippen molar-refractivity contribution >= 4 is 11.6 Å². The Hall–Kier alpha value is -3.47. The zero-order chi connectivity index (χ0) is 16.2. The highest BCUT2D eigenvalue weighted by Gasteiger charge is 2.13. The molecule has 0 aliphatic rings. The fourth-order valence-electron chi connectivity index (χ4n) is 1.97. The number of nitrogens with zero attached hydrogens (tertiary/aromatic N) is 4. The van der Waals surface area contributed by atoms with Gasteiger partial charge >= 0.3 is 0 Å². The summed E-state index contributed by atoms with van der Waals surface area (Å²) in [5.74, 6) is -0.875. The van der Waals surface area contributed by atoms with Crippen LogP contribution < -0.4 is 5.32 Å². The quantitative estimate of drug-likeness (QED) is 0.796. The monoisotopic (exact) mass is 311 g/mol. The maximum Gasteiger partial charge on any atom is 0.277 e. The van der Waals surface area contributed by atoms with E-state index in [0.29, 0.717) is 12.2 Å². The van der Waals surface area contributed by atoms with Crippen molar-refractivity contribution in [2.45, 2.75) is 6.54 Å². The fourth-order valence-corrected chi connectivity index (χ4v) is 1.97. The summed E-state index contributed by atoms with van der Waals surface area (Å²) < 4.78 is 19.3. The Labute approximate surface area is 129 Å². The van der Waals surface area contributed by atoms with Crippen molar-refractivity contribution in [3.8, 4) is 6.07 Å². The molecule has 2 heterocycles. The third kappa shape index (κ3) is 3.41. The van der Waals surface area contributed by atoms with Crippen LogP contribution in [-0.4, -0.2) is 20.8 Å². The van der Waals surface area contributed by atoms with Gasteiger partial charge in [-0.05, 0) is 17.7 Å². The average Bonchev–Trinajstić information content (AvgIpc) is 3.16. The van der Waals surface area contributed by atoms with E-state index in [1.165, 1.54) is 24.4 Å². The number of carbonyl (C=O) groups excluding carboxylic acids is 1. The van der Waals surface area contributed by atoms with E-state index >= 15 is 0 Å². The lowest BCUT2D eigenvalue weighted by atomic mass is 10.2. The van der Waals surface area contributed by atoms with Gasteiger partial charge in [0.2, 0.25) is 5.76 Å². The smallest absolute Gasteiger partial charge is 0.277 e. The molecule has 1 aromatic carbocycles. The number of halogens is 1. The minimum absolute atomic E-state index is 0.000527. The molecule has 8 heteroatoms. The molecule has 0 saturated carbocycles. The lowest BCUT2D eigenvalue weighted by molar-refractivity contribution is 0.101. The van der Waals surface area contributed by atoms with Gasteiger partial charge in [-0.25, -0.2) is 4.39 Å². The van der Waals surface area contributed by atoms with E-state index in [2.05, 4.69) is 20.1 Å². The Morgan fingerprint density at radius 1 is 1.43 bits per heavy atom. The molecule has 0 aliphatic carbocycles. The number of benzene rings is 1. The molecule has 0 radical (unpaired) electrons. The summed E-state index contributed by atoms with van der Waals surface area (Å²) in [7, 11) is 0. The summed E-state index contributed by atoms with van der Waals surface area (Å²) in [6.45, 7) is 0.371. The molecule has 7 nitrogen and oxygen atoms in total. The van der Waals surface area contributed by atoms with E-state index in [4.69, 9.17) is 5.26 Å². The van der Waals surface area contributed by atoms with E-state index in [-0.39, 0.29) is 17.3 Å². The molecule has 0 unspecified atom stereocenters. The van der Waals surface area contributed by atoms with Crippen molar-refractivity contribution in [1.29, 1.82) is 5.26 Å². The molecule has 0 aliphatic heterocycles. The molecule has 0 atom stereocenters. The van der Waals surface area contributed by atoms with Gasteiger partial charge in [0.15, 0.2) is 5.69 Å². The van der Waals surface area contributed by atoms with Gasteiger partial charge < -0.3 is 9.84 Å². The van der Waals surface area contributed by atoms with Crippen LogP contribution in [0, 0.1) is 17.1 Å². The Bertz CT molecular complexity index is 893. The zero-order valence-corrected chi connectivity index (χ0v) is 11.7. The van der Waals surface area contributed by atoms with Crippen LogP contribution in [0.25, 0.3) is 0 Å². The molecule has 3 rings (SSSR count). The summed E-state index contributed by atoms with van der Waals surface area (Å²) in [6.07, 6.45) is 3.07. The number of nitrogens with one attached hydrogen (secondary N) is 1. The summed E-state index contributed by atoms with van der Waals surface area (Å²) in [5, 5.41) is 18.8. The highest BCUT2D eigenvalue weighted by Crippen LogP contribution is 2.11. The van der Waals surface area contributed by atoms with Gasteiger partial charge in [0.25, 0.3) is 5.91 Å². The van der Waals surface area contributed by atoms with Crippen molar-refractivity contribution < 1.29 is 13.7 Å². The van der Waals surface area contributed by atoms with E-state index in [0.717, 1.165) is 5.56 Å². The second kappa shape index (κ2) is 6.11. The predicted molar refractivity (Wildman–Crippen MR) is 76.9 cm³/mol. The first-order valence-corrected chi connectivity index (χ1v) is 6.59. The van der Waals surface area contributed by atoms with E-state index in [1.54, 1.807) is 29.1 Å². The number of rotatable bonds is 4. The SMILES string of the molecule is N#Cc1cc(C(=O)Nc2cnn(Cc3cccc(F)c3)c2)no1. The first kappa shape index (κ1) is 14.5. The lowest BCUT2D eigenvalue weighted by Crippen LogP contribution is -2.11. The Kier molecular flexibility index (Phi) is 3.84. The van der Waals surface area contributed by atoms with Crippen LogP contribution in [0.4, 0.5) is 10.1 Å². The third-order valence-corrected chi connectivity index (χ3v) is 2.98. The maximum atomic E-state index is 13.1. The number of hydrogen-bond donors (Lipinski definition) is 1. The highest BCUT2D eigenvalue weighted by atomic mass is 19.1. The third-order valence-electron chi connectivity index (χ3n) is 2.98. The van der Waals surface area contributed by atoms with Gasteiger partial charge in [-0.1, -0.05) is 17.3 Å². The largest absolute Gasteiger partial charge is 0.345 e. The molecule has 23 heavy (non-hydrogen) atoms. The maximum absolute atomic E-state index is 13.1. The molecule has 0 spiro atoms. The van der Waals surface area contributed by atoms with Gasteiger partial charge in [-0.15, -0.1) is 0 Å². The van der Waals surface area contributed by atoms with Crippen molar-refractivity contribution in [1.82, 2.24) is 14.9 Å². The van der Waals surface area contributed by atoms with Gasteiger partial charge in [0, 0.05) is 12.3 Å². The number of anilines is 1. The molecule has 0 bridgehead atoms. The Morgan fingerprint density at radius 2 is 2.30 bits per heavy atom. The van der Waals surface area contributed by atoms with Crippen LogP contribution in [0.1, 0.15) is 21.8 Å². The van der Waals surface area contributed by atoms with Crippen LogP contribution in [0.15, 0.2) is 47.2 Å². The van der Waals surface area contributed by atoms with E-state index in [1.807, 2.05) is 0 Å². The van der Waals surface area contributed by atoms with E-state index < -0.39 is 5.91 Å². The summed E-state index contributed by atoms with van der Waals surface area (Å²) in [6, 6.07) is 9.17. The normalized spacial score (nSPS) is 10.3. The highest BCUT2D eigenvalue weighted by molar-refractivity contribution is 6.02. The molecule has 2 aromatic heterocycles. The summed E-state index contributed by atoms with van der Waals surface area (Å²) in [4.78, 5) is 11.9. The van der Waals surface area contributed by atoms with Crippen molar-refractivity contribution in [2.75, 3.05) is 5.32 Å². The molecular formula is C15H10FN5O2. The van der Waals surface area contributed by atoms with Crippen molar-refractivity contribution in [3.63, 3.8) is 0 Å². The number of amides is 1. The van der Waals surface area contributed by atoms with Crippen LogP contribution in [0.3, 0.4) is 0 Å². The Balaban J connectivity index is 1.67. The second-order valence-corrected chi connectivity index (χ2v) is 4.70. The minimum atomic E-state index is -0.513. The van der Waals surface area contributed by atoms with Gasteiger partial charge in [0.05, 0.1) is 18.4 Å². The van der Waals surface area contributed by atoms with Crippen LogP contribution in [-0.2, 0) is 6.54 Å². The molecule has 3 aromatic rings. The standard InChI is InChI=1S/C15H10FN5O2/c16-11-3-1-2-10(4-11)8-21-9-12(7-18-21)19-15(22)14-5-13(6-17)23-20-14/h1-5,7,9H,8H2,(H,19,22). The first-order valence-electron chi connectivity index (χ1n) is 6.59. The van der Waals surface area contributed by atoms with Crippen molar-refractivity contribution in [3.05, 3.63) is 65.6 Å². The van der Waals surface area contributed by atoms with Gasteiger partial charge in [-0.2, -0.15) is 10.4 Å². The molecule has 1 N–H and O–H groups in total. The minimum Gasteiger partial charge on any atom is -0.345 e. The zero-order valence-electron chi connectivity index (χ0n) is 11.7. The number of aromatic nitrogens is 3. The second-order valence-electron chi connectivity index (χ2n) is 4.70. The van der Waals surface area contributed by atoms with E-state index in [9.17, 15) is 9.18 Å². The first-order chi connectivity index (χ1) is 11.1. The molecule has 114 valence electrons. The topological polar surface area (TPSA) is 96.7 Å². The summed E-state index contributed by atoms with van der Waals surface area (Å²) >= 11 is 0.